The van der Waals surface area contributed by atoms with Crippen LogP contribution < -0.4 is 10.1 Å². The summed E-state index contributed by atoms with van der Waals surface area (Å²) >= 11 is 0. The molecule has 0 amide bonds. The molecule has 1 aromatic carbocycles. The van der Waals surface area contributed by atoms with Crippen molar-refractivity contribution in [1.29, 1.82) is 0 Å². The van der Waals surface area contributed by atoms with Gasteiger partial charge in [-0.05, 0) is 50.8 Å². The van der Waals surface area contributed by atoms with Crippen LogP contribution in [-0.2, 0) is 0 Å². The first-order valence-electron chi connectivity index (χ1n) is 7.59. The lowest BCUT2D eigenvalue weighted by molar-refractivity contribution is 0.106. The van der Waals surface area contributed by atoms with Crippen LogP contribution in [0.1, 0.15) is 32.1 Å². The quantitative estimate of drug-likeness (QED) is 0.566. The maximum absolute atomic E-state index is 9.85. The number of ether oxygens (including phenoxy) is 1. The number of nitrogens with one attached hydrogen (secondary N) is 1. The third kappa shape index (κ3) is 5.76. The van der Waals surface area contributed by atoms with Crippen LogP contribution in [0.2, 0.25) is 0 Å². The minimum absolute atomic E-state index is 0.333. The molecule has 0 aromatic heterocycles. The van der Waals surface area contributed by atoms with Crippen molar-refractivity contribution in [3.63, 3.8) is 0 Å². The Morgan fingerprint density at radius 2 is 2.05 bits per heavy atom. The summed E-state index contributed by atoms with van der Waals surface area (Å²) in [5.41, 5.74) is 1.57. The number of rotatable bonds is 8. The number of hydrogen-bond donors (Lipinski definition) is 2. The second-order valence-electron chi connectivity index (χ2n) is 5.34. The van der Waals surface area contributed by atoms with Crippen molar-refractivity contribution >= 4 is 0 Å². The van der Waals surface area contributed by atoms with Crippen LogP contribution in [0.5, 0.6) is 5.75 Å². The van der Waals surface area contributed by atoms with Crippen LogP contribution >= 0.6 is 0 Å². The Morgan fingerprint density at radius 3 is 2.80 bits per heavy atom. The summed E-state index contributed by atoms with van der Waals surface area (Å²) in [4.78, 5) is 0. The van der Waals surface area contributed by atoms with Crippen LogP contribution in [0.15, 0.2) is 42.0 Å². The van der Waals surface area contributed by atoms with Crippen molar-refractivity contribution in [1.82, 2.24) is 5.32 Å². The molecular weight excluding hydrogens is 250 g/mol. The topological polar surface area (TPSA) is 41.5 Å². The average Bonchev–Trinajstić information content (AvgIpc) is 2.52. The lowest BCUT2D eigenvalue weighted by Gasteiger charge is -2.15. The third-order valence-corrected chi connectivity index (χ3v) is 3.57. The van der Waals surface area contributed by atoms with Gasteiger partial charge in [-0.2, -0.15) is 0 Å². The molecule has 3 nitrogen and oxygen atoms in total. The van der Waals surface area contributed by atoms with E-state index in [1.54, 1.807) is 5.57 Å². The number of para-hydroxylation sites is 1. The Kier molecular flexibility index (Phi) is 6.61. The Labute approximate surface area is 121 Å². The normalized spacial score (nSPS) is 16.6. The predicted octanol–water partition coefficient (Wildman–Crippen LogP) is 2.91. The van der Waals surface area contributed by atoms with Crippen molar-refractivity contribution in [2.75, 3.05) is 19.7 Å². The fourth-order valence-electron chi connectivity index (χ4n) is 2.42. The van der Waals surface area contributed by atoms with Gasteiger partial charge < -0.3 is 15.2 Å². The molecule has 1 aliphatic rings. The molecule has 1 unspecified atom stereocenters. The van der Waals surface area contributed by atoms with Gasteiger partial charge in [0.1, 0.15) is 18.5 Å². The van der Waals surface area contributed by atoms with Crippen molar-refractivity contribution in [3.8, 4) is 5.75 Å². The van der Waals surface area contributed by atoms with Crippen molar-refractivity contribution in [3.05, 3.63) is 42.0 Å². The predicted molar refractivity (Wildman–Crippen MR) is 82.0 cm³/mol. The summed E-state index contributed by atoms with van der Waals surface area (Å²) in [7, 11) is 0. The van der Waals surface area contributed by atoms with Crippen LogP contribution in [0.3, 0.4) is 0 Å². The lowest BCUT2D eigenvalue weighted by Crippen LogP contribution is -2.32. The number of benzene rings is 1. The SMILES string of the molecule is OC(CNCCC1=CCCCC1)COc1ccccc1. The summed E-state index contributed by atoms with van der Waals surface area (Å²) in [5, 5.41) is 13.1. The highest BCUT2D eigenvalue weighted by Gasteiger charge is 2.06. The van der Waals surface area contributed by atoms with Gasteiger partial charge in [0, 0.05) is 6.54 Å². The highest BCUT2D eigenvalue weighted by molar-refractivity contribution is 5.20. The number of aliphatic hydroxyl groups is 1. The molecule has 2 N–H and O–H groups in total. The molecule has 0 heterocycles. The molecule has 0 saturated carbocycles. The van der Waals surface area contributed by atoms with Crippen LogP contribution in [0.4, 0.5) is 0 Å². The van der Waals surface area contributed by atoms with Gasteiger partial charge in [-0.3, -0.25) is 0 Å². The molecule has 0 saturated heterocycles. The third-order valence-electron chi connectivity index (χ3n) is 3.57. The molecule has 3 heteroatoms. The molecule has 1 atom stereocenters. The Balaban J connectivity index is 1.54. The Morgan fingerprint density at radius 1 is 1.20 bits per heavy atom. The van der Waals surface area contributed by atoms with Crippen LogP contribution in [-0.4, -0.2) is 30.9 Å². The smallest absolute Gasteiger partial charge is 0.119 e. The van der Waals surface area contributed by atoms with E-state index in [0.29, 0.717) is 13.2 Å². The molecular formula is C17H25NO2. The van der Waals surface area contributed by atoms with E-state index >= 15 is 0 Å². The van der Waals surface area contributed by atoms with E-state index in [2.05, 4.69) is 11.4 Å². The molecule has 0 bridgehead atoms. The van der Waals surface area contributed by atoms with Gasteiger partial charge in [-0.25, -0.2) is 0 Å². The fourth-order valence-corrected chi connectivity index (χ4v) is 2.42. The summed E-state index contributed by atoms with van der Waals surface area (Å²) in [5.74, 6) is 0.805. The van der Waals surface area contributed by atoms with Gasteiger partial charge in [0.05, 0.1) is 0 Å². The maximum atomic E-state index is 9.85. The first-order valence-corrected chi connectivity index (χ1v) is 7.59. The van der Waals surface area contributed by atoms with Crippen molar-refractivity contribution < 1.29 is 9.84 Å². The highest BCUT2D eigenvalue weighted by Crippen LogP contribution is 2.19. The second kappa shape index (κ2) is 8.77. The highest BCUT2D eigenvalue weighted by atomic mass is 16.5. The van der Waals surface area contributed by atoms with Crippen LogP contribution in [0.25, 0.3) is 0 Å². The molecule has 0 radical (unpaired) electrons. The summed E-state index contributed by atoms with van der Waals surface area (Å²) in [6.07, 6.45) is 8.18. The van der Waals surface area contributed by atoms with E-state index in [4.69, 9.17) is 4.74 Å². The Bertz CT molecular complexity index is 403. The number of aliphatic hydroxyl groups excluding tert-OH is 1. The second-order valence-corrected chi connectivity index (χ2v) is 5.34. The van der Waals surface area contributed by atoms with Gasteiger partial charge >= 0.3 is 0 Å². The molecule has 1 aromatic rings. The van der Waals surface area contributed by atoms with E-state index < -0.39 is 6.10 Å². The minimum atomic E-state index is -0.462. The van der Waals surface area contributed by atoms with E-state index in [1.165, 1.54) is 25.7 Å². The molecule has 0 aliphatic heterocycles. The van der Waals surface area contributed by atoms with Gasteiger partial charge in [-0.15, -0.1) is 0 Å². The first kappa shape index (κ1) is 15.1. The summed E-state index contributed by atoms with van der Waals surface area (Å²) in [6, 6.07) is 9.60. The standard InChI is InChI=1S/C17H25NO2/c19-16(14-20-17-9-5-2-6-10-17)13-18-12-11-15-7-3-1-4-8-15/h2,5-7,9-10,16,18-19H,1,3-4,8,11-14H2. The van der Waals surface area contributed by atoms with E-state index in [-0.39, 0.29) is 0 Å². The van der Waals surface area contributed by atoms with Gasteiger partial charge in [0.25, 0.3) is 0 Å². The zero-order valence-corrected chi connectivity index (χ0v) is 12.1. The number of allylic oxidation sites excluding steroid dienone is 1. The maximum Gasteiger partial charge on any atom is 0.119 e. The summed E-state index contributed by atoms with van der Waals surface area (Å²) < 4.78 is 5.51. The van der Waals surface area contributed by atoms with E-state index in [0.717, 1.165) is 18.7 Å². The zero-order valence-electron chi connectivity index (χ0n) is 12.1. The van der Waals surface area contributed by atoms with E-state index in [1.807, 2.05) is 30.3 Å². The fraction of sp³-hybridized carbons (Fsp3) is 0.529. The molecule has 110 valence electrons. The minimum Gasteiger partial charge on any atom is -0.491 e. The van der Waals surface area contributed by atoms with Gasteiger partial charge in [0.2, 0.25) is 0 Å². The van der Waals surface area contributed by atoms with E-state index in [9.17, 15) is 5.11 Å². The van der Waals surface area contributed by atoms with Gasteiger partial charge in [-0.1, -0.05) is 29.8 Å². The average molecular weight is 275 g/mol. The summed E-state index contributed by atoms with van der Waals surface area (Å²) in [6.45, 7) is 1.86. The van der Waals surface area contributed by atoms with Crippen LogP contribution in [0, 0.1) is 0 Å². The largest absolute Gasteiger partial charge is 0.491 e. The molecule has 0 fully saturated rings. The van der Waals surface area contributed by atoms with Crippen molar-refractivity contribution in [2.24, 2.45) is 0 Å². The lowest BCUT2D eigenvalue weighted by atomic mass is 9.97. The zero-order chi connectivity index (χ0) is 14.0. The molecule has 1 aliphatic carbocycles. The molecule has 20 heavy (non-hydrogen) atoms. The molecule has 2 rings (SSSR count). The van der Waals surface area contributed by atoms with Gasteiger partial charge in [0.15, 0.2) is 0 Å². The monoisotopic (exact) mass is 275 g/mol. The number of hydrogen-bond acceptors (Lipinski definition) is 3. The van der Waals surface area contributed by atoms with Crippen molar-refractivity contribution in [2.45, 2.75) is 38.2 Å². The first-order chi connectivity index (χ1) is 9.84. The molecule has 0 spiro atoms. The Hall–Kier alpha value is -1.32.